The van der Waals surface area contributed by atoms with Crippen LogP contribution in [0.5, 0.6) is 0 Å². The Labute approximate surface area is 123 Å². The Balaban J connectivity index is 2.17. The van der Waals surface area contributed by atoms with E-state index < -0.39 is 16.1 Å². The van der Waals surface area contributed by atoms with E-state index in [0.717, 1.165) is 0 Å². The number of aliphatic hydroxyl groups excluding tert-OH is 2. The zero-order valence-corrected chi connectivity index (χ0v) is 12.5. The minimum Gasteiger partial charge on any atom is -0.395 e. The van der Waals surface area contributed by atoms with Gasteiger partial charge in [0.1, 0.15) is 6.23 Å². The van der Waals surface area contributed by atoms with Crippen LogP contribution in [0.2, 0.25) is 5.02 Å². The monoisotopic (exact) mass is 319 g/mol. The highest BCUT2D eigenvalue weighted by Gasteiger charge is 2.35. The Hall–Kier alpha value is -0.660. The molecule has 0 bridgehead atoms. The van der Waals surface area contributed by atoms with Crippen molar-refractivity contribution < 1.29 is 18.6 Å². The lowest BCUT2D eigenvalue weighted by atomic mass is 10.1. The maximum atomic E-state index is 11.6. The van der Waals surface area contributed by atoms with Gasteiger partial charge in [-0.15, -0.1) is 0 Å². The van der Waals surface area contributed by atoms with Gasteiger partial charge >= 0.3 is 0 Å². The number of nitrogens with zero attached hydrogens (tertiary/aromatic N) is 1. The molecule has 2 atom stereocenters. The number of hydrogen-bond acceptors (Lipinski definition) is 5. The van der Waals surface area contributed by atoms with Gasteiger partial charge in [-0.3, -0.25) is 4.90 Å². The summed E-state index contributed by atoms with van der Waals surface area (Å²) in [4.78, 5) is 1.63. The number of sulfone groups is 1. The Morgan fingerprint density at radius 2 is 2.00 bits per heavy atom. The van der Waals surface area contributed by atoms with Crippen LogP contribution in [0, 0.1) is 0 Å². The second-order valence-corrected chi connectivity index (χ2v) is 7.61. The van der Waals surface area contributed by atoms with Gasteiger partial charge in [0.15, 0.2) is 9.84 Å². The predicted molar refractivity (Wildman–Crippen MR) is 77.3 cm³/mol. The van der Waals surface area contributed by atoms with Crippen molar-refractivity contribution >= 4 is 21.4 Å². The molecule has 2 N–H and O–H groups in total. The third-order valence-electron chi connectivity index (χ3n) is 3.52. The Morgan fingerprint density at radius 1 is 1.35 bits per heavy atom. The van der Waals surface area contributed by atoms with Gasteiger partial charge in [-0.25, -0.2) is 8.42 Å². The minimum absolute atomic E-state index is 0.0254. The van der Waals surface area contributed by atoms with Crippen LogP contribution < -0.4 is 0 Å². The molecule has 1 saturated heterocycles. The van der Waals surface area contributed by atoms with Crippen LogP contribution in [0.15, 0.2) is 24.3 Å². The molecule has 7 heteroatoms. The molecular weight excluding hydrogens is 302 g/mol. The quantitative estimate of drug-likeness (QED) is 0.785. The van der Waals surface area contributed by atoms with E-state index in [-0.39, 0.29) is 30.7 Å². The van der Waals surface area contributed by atoms with Crippen LogP contribution in [-0.2, 0) is 9.84 Å². The highest BCUT2D eigenvalue weighted by molar-refractivity contribution is 7.91. The molecule has 112 valence electrons. The van der Waals surface area contributed by atoms with E-state index in [2.05, 4.69) is 0 Å². The molecule has 0 aromatic heterocycles. The summed E-state index contributed by atoms with van der Waals surface area (Å²) >= 11 is 5.81. The third-order valence-corrected chi connectivity index (χ3v) is 5.52. The summed E-state index contributed by atoms with van der Waals surface area (Å²) < 4.78 is 23.1. The Morgan fingerprint density at radius 3 is 2.50 bits per heavy atom. The first-order valence-corrected chi connectivity index (χ1v) is 8.63. The minimum atomic E-state index is -3.04. The molecule has 1 aromatic carbocycles. The number of halogens is 1. The number of rotatable bonds is 5. The standard InChI is InChI=1S/C13H18ClNO4S/c14-11-3-1-10(2-4-11)13(17)15(6-7-16)12-5-8-20(18,19)9-12/h1-4,12-13,16-17H,5-9H2/t12-,13-/m0/s1. The van der Waals surface area contributed by atoms with Crippen molar-refractivity contribution in [3.05, 3.63) is 34.9 Å². The SMILES string of the molecule is O=S1(=O)CC[C@H](N(CCO)[C@@H](O)c2ccc(Cl)cc2)C1. The van der Waals surface area contributed by atoms with E-state index >= 15 is 0 Å². The van der Waals surface area contributed by atoms with Crippen LogP contribution >= 0.6 is 11.6 Å². The second kappa shape index (κ2) is 6.41. The molecule has 1 aliphatic rings. The molecule has 0 amide bonds. The molecular formula is C13H18ClNO4S. The molecule has 1 aliphatic heterocycles. The van der Waals surface area contributed by atoms with E-state index in [4.69, 9.17) is 16.7 Å². The fourth-order valence-corrected chi connectivity index (χ4v) is 4.35. The van der Waals surface area contributed by atoms with Crippen molar-refractivity contribution in [1.82, 2.24) is 4.90 Å². The van der Waals surface area contributed by atoms with Gasteiger partial charge in [-0.1, -0.05) is 23.7 Å². The van der Waals surface area contributed by atoms with Gasteiger partial charge < -0.3 is 10.2 Å². The van der Waals surface area contributed by atoms with E-state index in [1.54, 1.807) is 29.2 Å². The molecule has 2 rings (SSSR count). The van der Waals surface area contributed by atoms with E-state index in [9.17, 15) is 13.5 Å². The maximum Gasteiger partial charge on any atom is 0.151 e. The smallest absolute Gasteiger partial charge is 0.151 e. The fraction of sp³-hybridized carbons (Fsp3) is 0.538. The lowest BCUT2D eigenvalue weighted by Gasteiger charge is -2.32. The maximum absolute atomic E-state index is 11.6. The van der Waals surface area contributed by atoms with E-state index in [1.165, 1.54) is 0 Å². The summed E-state index contributed by atoms with van der Waals surface area (Å²) in [6, 6.07) is 6.46. The summed E-state index contributed by atoms with van der Waals surface area (Å²) in [6.07, 6.45) is -0.467. The third kappa shape index (κ3) is 3.71. The van der Waals surface area contributed by atoms with Gasteiger partial charge in [0.05, 0.1) is 18.1 Å². The zero-order valence-electron chi connectivity index (χ0n) is 10.9. The van der Waals surface area contributed by atoms with E-state index in [1.807, 2.05) is 0 Å². The van der Waals surface area contributed by atoms with Gasteiger partial charge in [-0.05, 0) is 24.1 Å². The summed E-state index contributed by atoms with van der Waals surface area (Å²) in [5.74, 6) is 0.157. The molecule has 1 heterocycles. The average molecular weight is 320 g/mol. The van der Waals surface area contributed by atoms with Crippen molar-refractivity contribution in [2.75, 3.05) is 24.7 Å². The average Bonchev–Trinajstić information content (AvgIpc) is 2.76. The molecule has 0 spiro atoms. The first-order chi connectivity index (χ1) is 9.43. The zero-order chi connectivity index (χ0) is 14.8. The second-order valence-electron chi connectivity index (χ2n) is 4.94. The summed E-state index contributed by atoms with van der Waals surface area (Å²) in [7, 11) is -3.04. The lowest BCUT2D eigenvalue weighted by Crippen LogP contribution is -2.41. The van der Waals surface area contributed by atoms with Gasteiger partial charge in [0.25, 0.3) is 0 Å². The summed E-state index contributed by atoms with van der Waals surface area (Å²) in [6.45, 7) is 0.0885. The normalized spacial score (nSPS) is 23.1. The molecule has 0 saturated carbocycles. The Bertz CT molecular complexity index is 546. The molecule has 1 fully saturated rings. The molecule has 5 nitrogen and oxygen atoms in total. The fourth-order valence-electron chi connectivity index (χ4n) is 2.48. The van der Waals surface area contributed by atoms with Crippen molar-refractivity contribution in [3.63, 3.8) is 0 Å². The van der Waals surface area contributed by atoms with Crippen LogP contribution in [0.4, 0.5) is 0 Å². The lowest BCUT2D eigenvalue weighted by molar-refractivity contribution is -0.0298. The van der Waals surface area contributed by atoms with Crippen LogP contribution in [-0.4, -0.2) is 54.2 Å². The molecule has 0 unspecified atom stereocenters. The van der Waals surface area contributed by atoms with Crippen LogP contribution in [0.3, 0.4) is 0 Å². The molecule has 20 heavy (non-hydrogen) atoms. The highest BCUT2D eigenvalue weighted by atomic mass is 35.5. The van der Waals surface area contributed by atoms with Crippen LogP contribution in [0.1, 0.15) is 18.2 Å². The number of benzene rings is 1. The number of hydrogen-bond donors (Lipinski definition) is 2. The first kappa shape index (κ1) is 15.7. The largest absolute Gasteiger partial charge is 0.395 e. The van der Waals surface area contributed by atoms with Crippen molar-refractivity contribution in [3.8, 4) is 0 Å². The van der Waals surface area contributed by atoms with Crippen molar-refractivity contribution in [2.45, 2.75) is 18.7 Å². The summed E-state index contributed by atoms with van der Waals surface area (Å²) in [5, 5.41) is 20.1. The predicted octanol–water partition coefficient (Wildman–Crippen LogP) is 0.812. The topological polar surface area (TPSA) is 77.8 Å². The first-order valence-electron chi connectivity index (χ1n) is 6.43. The number of aliphatic hydroxyl groups is 2. The molecule has 0 radical (unpaired) electrons. The summed E-state index contributed by atoms with van der Waals surface area (Å²) in [5.41, 5.74) is 0.632. The van der Waals surface area contributed by atoms with Gasteiger partial charge in [-0.2, -0.15) is 0 Å². The highest BCUT2D eigenvalue weighted by Crippen LogP contribution is 2.26. The molecule has 1 aromatic rings. The van der Waals surface area contributed by atoms with Crippen molar-refractivity contribution in [1.29, 1.82) is 0 Å². The molecule has 0 aliphatic carbocycles. The van der Waals surface area contributed by atoms with Crippen molar-refractivity contribution in [2.24, 2.45) is 0 Å². The van der Waals surface area contributed by atoms with Gasteiger partial charge in [0.2, 0.25) is 0 Å². The Kier molecular flexibility index (Phi) is 5.04. The van der Waals surface area contributed by atoms with Gasteiger partial charge in [0, 0.05) is 17.6 Å². The van der Waals surface area contributed by atoms with Crippen LogP contribution in [0.25, 0.3) is 0 Å². The van der Waals surface area contributed by atoms with E-state index in [0.29, 0.717) is 17.0 Å².